The molecule has 1 aromatic carbocycles. The van der Waals surface area contributed by atoms with Crippen LogP contribution >= 0.6 is 11.8 Å². The molecule has 4 unspecified atom stereocenters. The van der Waals surface area contributed by atoms with Gasteiger partial charge in [0.2, 0.25) is 0 Å². The molecule has 0 saturated heterocycles. The van der Waals surface area contributed by atoms with E-state index in [1.54, 1.807) is 11.8 Å². The molecule has 2 aliphatic heterocycles. The van der Waals surface area contributed by atoms with E-state index in [0.29, 0.717) is 11.6 Å². The fraction of sp³-hybridized carbons (Fsp3) is 0.409. The number of carbonyl (C=O) groups excluding carboxylic acids is 1. The number of amides is 1. The Morgan fingerprint density at radius 3 is 3.00 bits per heavy atom. The van der Waals surface area contributed by atoms with Gasteiger partial charge in [-0.2, -0.15) is 0 Å². The smallest absolute Gasteiger partial charge is 0.273 e. The Kier molecular flexibility index (Phi) is 4.69. The third-order valence-electron chi connectivity index (χ3n) is 6.34. The third kappa shape index (κ3) is 3.14. The Bertz CT molecular complexity index is 1050. The van der Waals surface area contributed by atoms with Crippen LogP contribution in [-0.4, -0.2) is 34.0 Å². The molecule has 0 bridgehead atoms. The monoisotopic (exact) mass is 426 g/mol. The second-order valence-electron chi connectivity index (χ2n) is 8.24. The van der Waals surface area contributed by atoms with Crippen LogP contribution in [0.15, 0.2) is 41.5 Å². The molecule has 5 rings (SSSR count). The van der Waals surface area contributed by atoms with E-state index >= 15 is 0 Å². The second kappa shape index (κ2) is 7.27. The van der Waals surface area contributed by atoms with Gasteiger partial charge in [0.15, 0.2) is 16.7 Å². The number of fused-ring (bicyclic) bond motifs is 4. The van der Waals surface area contributed by atoms with Gasteiger partial charge in [-0.3, -0.25) is 4.79 Å². The molecule has 6 nitrogen and oxygen atoms in total. The Morgan fingerprint density at radius 2 is 2.23 bits per heavy atom. The van der Waals surface area contributed by atoms with Crippen molar-refractivity contribution in [1.29, 1.82) is 0 Å². The fourth-order valence-corrected chi connectivity index (χ4v) is 5.97. The number of nitrogens with two attached hydrogens (primary N) is 1. The van der Waals surface area contributed by atoms with Crippen molar-refractivity contribution in [1.82, 2.24) is 10.3 Å². The minimum atomic E-state index is -0.616. The summed E-state index contributed by atoms with van der Waals surface area (Å²) in [6.45, 7) is 2.06. The van der Waals surface area contributed by atoms with E-state index in [1.165, 1.54) is 18.3 Å². The number of pyridine rings is 1. The number of thioether (sulfide) groups is 1. The number of aromatic nitrogens is 1. The number of hydrogen-bond acceptors (Lipinski definition) is 6. The number of carbonyl (C=O) groups is 1. The normalized spacial score (nSPS) is 29.5. The van der Waals surface area contributed by atoms with Gasteiger partial charge in [0.05, 0.1) is 0 Å². The molecule has 1 fully saturated rings. The number of aliphatic imine (C=N–C) groups is 1. The van der Waals surface area contributed by atoms with Crippen LogP contribution in [-0.2, 0) is 5.54 Å². The lowest BCUT2D eigenvalue weighted by molar-refractivity contribution is 0.0155. The minimum Gasteiger partial charge on any atom is -0.490 e. The summed E-state index contributed by atoms with van der Waals surface area (Å²) in [5, 5.41) is 3.57. The zero-order valence-corrected chi connectivity index (χ0v) is 17.4. The van der Waals surface area contributed by atoms with Crippen LogP contribution in [0.25, 0.3) is 0 Å². The lowest BCUT2D eigenvalue weighted by Gasteiger charge is -2.48. The summed E-state index contributed by atoms with van der Waals surface area (Å²) in [5.41, 5.74) is 7.70. The van der Waals surface area contributed by atoms with Crippen LogP contribution < -0.4 is 15.8 Å². The van der Waals surface area contributed by atoms with Crippen LogP contribution in [0.4, 0.5) is 4.39 Å². The first kappa shape index (κ1) is 19.4. The van der Waals surface area contributed by atoms with Crippen molar-refractivity contribution in [2.45, 2.75) is 43.9 Å². The van der Waals surface area contributed by atoms with Crippen molar-refractivity contribution >= 4 is 22.8 Å². The van der Waals surface area contributed by atoms with Gasteiger partial charge in [0, 0.05) is 29.5 Å². The zero-order valence-electron chi connectivity index (χ0n) is 16.6. The Labute approximate surface area is 178 Å². The van der Waals surface area contributed by atoms with Gasteiger partial charge in [-0.15, -0.1) is 0 Å². The molecular formula is C22H23FN4O2S. The van der Waals surface area contributed by atoms with E-state index in [1.807, 2.05) is 6.07 Å². The predicted molar refractivity (Wildman–Crippen MR) is 114 cm³/mol. The van der Waals surface area contributed by atoms with E-state index in [2.05, 4.69) is 29.4 Å². The maximum Gasteiger partial charge on any atom is 0.273 e. The number of amidine groups is 1. The largest absolute Gasteiger partial charge is 0.490 e. The molecule has 1 aliphatic carbocycles. The van der Waals surface area contributed by atoms with Gasteiger partial charge in [-0.05, 0) is 50.5 Å². The van der Waals surface area contributed by atoms with E-state index < -0.39 is 17.3 Å². The first-order chi connectivity index (χ1) is 14.5. The van der Waals surface area contributed by atoms with E-state index in [9.17, 15) is 9.18 Å². The highest BCUT2D eigenvalue weighted by atomic mass is 32.2. The molecule has 2 aromatic rings. The maximum absolute atomic E-state index is 14.0. The Morgan fingerprint density at radius 1 is 1.37 bits per heavy atom. The van der Waals surface area contributed by atoms with Gasteiger partial charge in [-0.1, -0.05) is 23.4 Å². The van der Waals surface area contributed by atoms with E-state index in [4.69, 9.17) is 15.5 Å². The highest BCUT2D eigenvalue weighted by Gasteiger charge is 2.54. The second-order valence-corrected chi connectivity index (χ2v) is 9.24. The van der Waals surface area contributed by atoms with Gasteiger partial charge in [0.25, 0.3) is 5.91 Å². The van der Waals surface area contributed by atoms with Crippen molar-refractivity contribution in [2.75, 3.05) is 5.75 Å². The molecule has 1 saturated carbocycles. The van der Waals surface area contributed by atoms with E-state index in [-0.39, 0.29) is 23.8 Å². The Balaban J connectivity index is 1.45. The van der Waals surface area contributed by atoms with Crippen LogP contribution in [0.5, 0.6) is 5.75 Å². The molecular weight excluding hydrogens is 403 g/mol. The number of nitrogens with one attached hydrogen (secondary N) is 1. The molecule has 1 aromatic heterocycles. The van der Waals surface area contributed by atoms with Crippen molar-refractivity contribution < 1.29 is 13.9 Å². The highest BCUT2D eigenvalue weighted by molar-refractivity contribution is 8.14. The predicted octanol–water partition coefficient (Wildman–Crippen LogP) is 3.15. The molecule has 30 heavy (non-hydrogen) atoms. The SMILES string of the molecule is Cc1ccc2c(c1)C1(CSC(N)=N1)C1CC(NC(=O)c3ncccc3F)CCC1O2. The summed E-state index contributed by atoms with van der Waals surface area (Å²) in [4.78, 5) is 21.4. The molecule has 3 heterocycles. The van der Waals surface area contributed by atoms with Crippen molar-refractivity contribution in [2.24, 2.45) is 16.6 Å². The molecule has 3 N–H and O–H groups in total. The van der Waals surface area contributed by atoms with Crippen molar-refractivity contribution in [3.05, 3.63) is 59.2 Å². The first-order valence-electron chi connectivity index (χ1n) is 10.1. The van der Waals surface area contributed by atoms with Gasteiger partial charge >= 0.3 is 0 Å². The quantitative estimate of drug-likeness (QED) is 0.770. The molecule has 3 aliphatic rings. The van der Waals surface area contributed by atoms with Crippen molar-refractivity contribution in [3.63, 3.8) is 0 Å². The number of benzene rings is 1. The fourth-order valence-electron chi connectivity index (χ4n) is 4.94. The third-order valence-corrected chi connectivity index (χ3v) is 7.31. The maximum atomic E-state index is 14.0. The number of nitrogens with zero attached hydrogens (tertiary/aromatic N) is 2. The summed E-state index contributed by atoms with van der Waals surface area (Å²) in [5.74, 6) is 0.611. The average molecular weight is 427 g/mol. The first-order valence-corrected chi connectivity index (χ1v) is 11.1. The molecule has 1 amide bonds. The standard InChI is InChI=1S/C22H23FN4O2S/c1-12-4-6-17-14(9-12)22(11-30-21(24)27-22)15-10-13(5-7-18(15)29-17)26-20(28)19-16(23)3-2-8-25-19/h2-4,6,8-9,13,15,18H,5,7,10-11H2,1H3,(H2,24,27)(H,26,28). The van der Waals surface area contributed by atoms with Crippen LogP contribution in [0, 0.1) is 18.7 Å². The van der Waals surface area contributed by atoms with Crippen LogP contribution in [0.2, 0.25) is 0 Å². The summed E-state index contributed by atoms with van der Waals surface area (Å²) >= 11 is 1.57. The number of hydrogen-bond donors (Lipinski definition) is 2. The highest BCUT2D eigenvalue weighted by Crippen LogP contribution is 2.54. The summed E-state index contributed by atoms with van der Waals surface area (Å²) in [6, 6.07) is 8.83. The molecule has 156 valence electrons. The molecule has 1 spiro atoms. The van der Waals surface area contributed by atoms with Gasteiger partial charge in [-0.25, -0.2) is 14.4 Å². The van der Waals surface area contributed by atoms with Crippen molar-refractivity contribution in [3.8, 4) is 5.75 Å². The van der Waals surface area contributed by atoms with Crippen LogP contribution in [0.1, 0.15) is 40.9 Å². The number of halogens is 1. The minimum absolute atomic E-state index is 0.00944. The van der Waals surface area contributed by atoms with Crippen LogP contribution in [0.3, 0.4) is 0 Å². The number of ether oxygens (including phenoxy) is 1. The summed E-state index contributed by atoms with van der Waals surface area (Å²) in [6.07, 6.45) is 3.66. The molecule has 0 radical (unpaired) electrons. The number of rotatable bonds is 2. The Hall–Kier alpha value is -2.61. The number of aryl methyl sites for hydroxylation is 1. The van der Waals surface area contributed by atoms with Gasteiger partial charge < -0.3 is 15.8 Å². The zero-order chi connectivity index (χ0) is 20.9. The lowest BCUT2D eigenvalue weighted by atomic mass is 9.67. The summed E-state index contributed by atoms with van der Waals surface area (Å²) in [7, 11) is 0. The summed E-state index contributed by atoms with van der Waals surface area (Å²) < 4.78 is 20.3. The molecule has 8 heteroatoms. The molecule has 4 atom stereocenters. The van der Waals surface area contributed by atoms with E-state index in [0.717, 1.165) is 35.5 Å². The average Bonchev–Trinajstić information content (AvgIpc) is 3.12. The topological polar surface area (TPSA) is 89.6 Å². The lowest BCUT2D eigenvalue weighted by Crippen LogP contribution is -2.54. The van der Waals surface area contributed by atoms with Gasteiger partial charge in [0.1, 0.15) is 17.4 Å².